The molecule has 0 aromatic rings. The molecule has 0 aromatic heterocycles. The van der Waals surface area contributed by atoms with Crippen LogP contribution in [0.1, 0.15) is 33.1 Å². The lowest BCUT2D eigenvalue weighted by Gasteiger charge is -2.09. The first-order chi connectivity index (χ1) is 5.31. The van der Waals surface area contributed by atoms with Crippen molar-refractivity contribution in [2.24, 2.45) is 0 Å². The van der Waals surface area contributed by atoms with Crippen LogP contribution in [0.15, 0.2) is 0 Å². The first-order valence-electron chi connectivity index (χ1n) is 4.16. The van der Waals surface area contributed by atoms with Crippen molar-refractivity contribution in [3.63, 3.8) is 0 Å². The molecule has 0 fully saturated rings. The molecule has 1 atom stereocenters. The van der Waals surface area contributed by atoms with E-state index in [1.807, 2.05) is 0 Å². The monoisotopic (exact) mass is 180 g/mol. The average molecular weight is 180 g/mol. The topological polar surface area (TPSA) is 9.23 Å². The molecule has 0 rings (SSSR count). The first-order valence-corrected chi connectivity index (χ1v) is 5.05. The Morgan fingerprint density at radius 2 is 2.18 bits per heavy atom. The van der Waals surface area contributed by atoms with Gasteiger partial charge in [-0.15, -0.1) is 0 Å². The highest BCUT2D eigenvalue weighted by atomic mass is 32.2. The number of rotatable bonds is 7. The second-order valence-electron chi connectivity index (χ2n) is 2.61. The summed E-state index contributed by atoms with van der Waals surface area (Å²) in [4.78, 5) is 0. The average Bonchev–Trinajstić information content (AvgIpc) is 2.04. The Morgan fingerprint density at radius 3 is 2.73 bits per heavy atom. The number of ether oxygens (including phenoxy) is 1. The van der Waals surface area contributed by atoms with Crippen molar-refractivity contribution < 1.29 is 8.62 Å². The number of halogens is 1. The number of hydrogen-bond donors (Lipinski definition) is 0. The number of unbranched alkanes of at least 4 members (excludes halogenated alkanes) is 1. The second-order valence-corrected chi connectivity index (χ2v) is 3.24. The second kappa shape index (κ2) is 8.34. The maximum Gasteiger partial charge on any atom is 0.0544 e. The predicted octanol–water partition coefficient (Wildman–Crippen LogP) is 3.20. The van der Waals surface area contributed by atoms with Crippen molar-refractivity contribution in [1.29, 1.82) is 0 Å². The Morgan fingerprint density at radius 1 is 1.45 bits per heavy atom. The first kappa shape index (κ1) is 11.2. The van der Waals surface area contributed by atoms with Crippen molar-refractivity contribution in [2.45, 2.75) is 39.2 Å². The molecule has 1 nitrogen and oxygen atoms in total. The van der Waals surface area contributed by atoms with E-state index in [1.54, 1.807) is 0 Å². The minimum atomic E-state index is 0.355. The maximum atomic E-state index is 11.5. The van der Waals surface area contributed by atoms with E-state index in [4.69, 9.17) is 4.74 Å². The Balaban J connectivity index is 2.89. The van der Waals surface area contributed by atoms with E-state index in [0.29, 0.717) is 24.0 Å². The van der Waals surface area contributed by atoms with Gasteiger partial charge >= 0.3 is 0 Å². The largest absolute Gasteiger partial charge is 0.379 e. The molecule has 0 heterocycles. The van der Waals surface area contributed by atoms with Crippen molar-refractivity contribution in [3.8, 4) is 0 Å². The van der Waals surface area contributed by atoms with Gasteiger partial charge in [-0.3, -0.25) is 0 Å². The highest BCUT2D eigenvalue weighted by Crippen LogP contribution is 2.05. The van der Waals surface area contributed by atoms with Crippen LogP contribution in [0.3, 0.4) is 0 Å². The summed E-state index contributed by atoms with van der Waals surface area (Å²) in [7, 11) is 0. The quantitative estimate of drug-likeness (QED) is 0.556. The van der Waals surface area contributed by atoms with E-state index < -0.39 is 0 Å². The summed E-state index contributed by atoms with van der Waals surface area (Å²) in [6.45, 7) is 4.93. The van der Waals surface area contributed by atoms with Crippen LogP contribution in [0.5, 0.6) is 0 Å². The minimum absolute atomic E-state index is 0.355. The zero-order valence-electron chi connectivity index (χ0n) is 7.31. The third kappa shape index (κ3) is 8.14. The maximum absolute atomic E-state index is 11.5. The van der Waals surface area contributed by atoms with Crippen molar-refractivity contribution >= 4 is 12.1 Å². The Kier molecular flexibility index (Phi) is 8.52. The molecule has 0 bridgehead atoms. The van der Waals surface area contributed by atoms with Gasteiger partial charge in [0.15, 0.2) is 0 Å². The van der Waals surface area contributed by atoms with Gasteiger partial charge < -0.3 is 4.74 Å². The highest BCUT2D eigenvalue weighted by molar-refractivity contribution is 7.94. The van der Waals surface area contributed by atoms with Crippen LogP contribution in [-0.4, -0.2) is 18.5 Å². The summed E-state index contributed by atoms with van der Waals surface area (Å²) in [5.41, 5.74) is 0. The van der Waals surface area contributed by atoms with Crippen LogP contribution in [0.2, 0.25) is 0 Å². The van der Waals surface area contributed by atoms with Crippen LogP contribution in [0.4, 0.5) is 3.89 Å². The molecule has 0 saturated carbocycles. The molecular weight excluding hydrogens is 163 g/mol. The lowest BCUT2D eigenvalue weighted by molar-refractivity contribution is 0.0618. The highest BCUT2D eigenvalue weighted by Gasteiger charge is 1.96. The van der Waals surface area contributed by atoms with Gasteiger partial charge in [0.25, 0.3) is 0 Å². The standard InChI is InChI=1S/C8H17FOS/c1-3-8(2)10-6-4-5-7-11-9/h8H,3-7H2,1-2H3. The summed E-state index contributed by atoms with van der Waals surface area (Å²) in [5.74, 6) is 0.601. The molecule has 1 unspecified atom stereocenters. The molecule has 0 aliphatic carbocycles. The van der Waals surface area contributed by atoms with Gasteiger partial charge in [0, 0.05) is 24.5 Å². The molecule has 0 spiro atoms. The molecular formula is C8H17FOS. The normalized spacial score (nSPS) is 13.4. The molecule has 0 aliphatic heterocycles. The van der Waals surface area contributed by atoms with Crippen LogP contribution < -0.4 is 0 Å². The molecule has 0 amide bonds. The lowest BCUT2D eigenvalue weighted by Crippen LogP contribution is -2.07. The third-order valence-electron chi connectivity index (χ3n) is 1.59. The van der Waals surface area contributed by atoms with E-state index in [0.717, 1.165) is 25.9 Å². The van der Waals surface area contributed by atoms with Gasteiger partial charge in [-0.25, -0.2) is 0 Å². The van der Waals surface area contributed by atoms with Crippen LogP contribution in [0, 0.1) is 0 Å². The fourth-order valence-electron chi connectivity index (χ4n) is 0.661. The SMILES string of the molecule is CCC(C)OCCCCSF. The van der Waals surface area contributed by atoms with E-state index in [2.05, 4.69) is 13.8 Å². The van der Waals surface area contributed by atoms with Gasteiger partial charge in [-0.1, -0.05) is 6.92 Å². The van der Waals surface area contributed by atoms with E-state index in [9.17, 15) is 3.89 Å². The van der Waals surface area contributed by atoms with Crippen molar-refractivity contribution in [1.82, 2.24) is 0 Å². The molecule has 68 valence electrons. The van der Waals surface area contributed by atoms with Crippen LogP contribution in [0.25, 0.3) is 0 Å². The smallest absolute Gasteiger partial charge is 0.0544 e. The molecule has 0 aromatic carbocycles. The molecule has 0 N–H and O–H groups in total. The zero-order valence-corrected chi connectivity index (χ0v) is 8.12. The van der Waals surface area contributed by atoms with Crippen molar-refractivity contribution in [2.75, 3.05) is 12.4 Å². The van der Waals surface area contributed by atoms with Crippen LogP contribution >= 0.6 is 12.1 Å². The minimum Gasteiger partial charge on any atom is -0.379 e. The Hall–Kier alpha value is 0.240. The fraction of sp³-hybridized carbons (Fsp3) is 1.00. The van der Waals surface area contributed by atoms with Gasteiger partial charge in [0.2, 0.25) is 0 Å². The van der Waals surface area contributed by atoms with Crippen molar-refractivity contribution in [3.05, 3.63) is 0 Å². The number of hydrogen-bond acceptors (Lipinski definition) is 2. The molecule has 0 aliphatic rings. The van der Waals surface area contributed by atoms with Gasteiger partial charge in [0.05, 0.1) is 6.10 Å². The van der Waals surface area contributed by atoms with Crippen LogP contribution in [-0.2, 0) is 4.74 Å². The molecule has 0 radical (unpaired) electrons. The Bertz CT molecular complexity index is 80.5. The van der Waals surface area contributed by atoms with Gasteiger partial charge in [0.1, 0.15) is 0 Å². The molecule has 3 heteroatoms. The summed E-state index contributed by atoms with van der Waals surface area (Å²) < 4.78 is 16.9. The molecule has 11 heavy (non-hydrogen) atoms. The Labute approximate surface area is 73.0 Å². The summed E-state index contributed by atoms with van der Waals surface area (Å²) in [6, 6.07) is 0. The third-order valence-corrected chi connectivity index (χ3v) is 2.04. The summed E-state index contributed by atoms with van der Waals surface area (Å²) in [5, 5.41) is 0. The van der Waals surface area contributed by atoms with Gasteiger partial charge in [-0.05, 0) is 26.2 Å². The van der Waals surface area contributed by atoms with Gasteiger partial charge in [-0.2, -0.15) is 3.89 Å². The van der Waals surface area contributed by atoms with E-state index >= 15 is 0 Å². The summed E-state index contributed by atoms with van der Waals surface area (Å²) >= 11 is 0.411. The van der Waals surface area contributed by atoms with E-state index in [-0.39, 0.29) is 0 Å². The predicted molar refractivity (Wildman–Crippen MR) is 48.5 cm³/mol. The lowest BCUT2D eigenvalue weighted by atomic mass is 10.3. The molecule has 0 saturated heterocycles. The summed E-state index contributed by atoms with van der Waals surface area (Å²) in [6.07, 6.45) is 3.30. The van der Waals surface area contributed by atoms with E-state index in [1.165, 1.54) is 0 Å². The zero-order chi connectivity index (χ0) is 8.53. The fourth-order valence-corrected chi connectivity index (χ4v) is 0.974.